The fourth-order valence-electron chi connectivity index (χ4n) is 4.97. The van der Waals surface area contributed by atoms with Crippen LogP contribution in [0.15, 0.2) is 72.1 Å². The molecule has 2 atom stereocenters. The maximum absolute atomic E-state index is 14.7. The number of nitriles is 1. The highest BCUT2D eigenvalue weighted by Gasteiger charge is 2.37. The number of pyridine rings is 1. The molecule has 0 radical (unpaired) electrons. The number of aliphatic imine (C=N–C) groups is 1. The maximum atomic E-state index is 14.7. The molecule has 0 amide bonds. The number of anilines is 2. The fraction of sp³-hybridized carbons (Fsp3) is 0.161. The third-order valence-corrected chi connectivity index (χ3v) is 7.73. The van der Waals surface area contributed by atoms with Gasteiger partial charge in [0.15, 0.2) is 0 Å². The van der Waals surface area contributed by atoms with Crippen molar-refractivity contribution in [3.8, 4) is 17.6 Å². The lowest BCUT2D eigenvalue weighted by Gasteiger charge is -2.44. The van der Waals surface area contributed by atoms with Crippen molar-refractivity contribution < 1.29 is 23.7 Å². The Morgan fingerprint density at radius 1 is 1.04 bits per heavy atom. The molecule has 0 saturated heterocycles. The van der Waals surface area contributed by atoms with E-state index in [-0.39, 0.29) is 40.2 Å². The van der Waals surface area contributed by atoms with Crippen molar-refractivity contribution in [2.45, 2.75) is 26.2 Å². The Hall–Kier alpha value is -5.00. The summed E-state index contributed by atoms with van der Waals surface area (Å²) in [5.74, 6) is -1.69. The van der Waals surface area contributed by atoms with Crippen LogP contribution >= 0.6 is 23.2 Å². The van der Waals surface area contributed by atoms with Crippen molar-refractivity contribution in [3.63, 3.8) is 0 Å². The molecule has 3 aromatic carbocycles. The molecule has 0 spiro atoms. The van der Waals surface area contributed by atoms with E-state index in [9.17, 15) is 19.0 Å². The monoisotopic (exact) mass is 664 g/mol. The van der Waals surface area contributed by atoms with Crippen molar-refractivity contribution in [1.29, 1.82) is 5.26 Å². The summed E-state index contributed by atoms with van der Waals surface area (Å²) < 4.78 is 36.6. The number of fused-ring (bicyclic) bond motifs is 1. The van der Waals surface area contributed by atoms with Gasteiger partial charge in [0.2, 0.25) is 18.7 Å². The van der Waals surface area contributed by atoms with Crippen molar-refractivity contribution in [2.75, 3.05) is 10.2 Å². The van der Waals surface area contributed by atoms with Crippen LogP contribution in [0.4, 0.5) is 20.2 Å². The van der Waals surface area contributed by atoms with Gasteiger partial charge in [-0.15, -0.1) is 0 Å². The van der Waals surface area contributed by atoms with Crippen LogP contribution in [-0.2, 0) is 13.6 Å². The van der Waals surface area contributed by atoms with Crippen LogP contribution in [0.1, 0.15) is 16.7 Å². The van der Waals surface area contributed by atoms with Gasteiger partial charge in [-0.3, -0.25) is 19.5 Å². The van der Waals surface area contributed by atoms with Crippen LogP contribution in [0.5, 0.6) is 11.5 Å². The Morgan fingerprint density at radius 3 is 2.59 bits per heavy atom. The molecule has 2 unspecified atom stereocenters. The molecule has 234 valence electrons. The number of hydrogen-bond acceptors (Lipinski definition) is 10. The Kier molecular flexibility index (Phi) is 8.37. The predicted molar refractivity (Wildman–Crippen MR) is 168 cm³/mol. The molecule has 2 aromatic heterocycles. The quantitative estimate of drug-likeness (QED) is 0.204. The molecule has 6 rings (SSSR count). The van der Waals surface area contributed by atoms with Crippen molar-refractivity contribution in [3.05, 3.63) is 105 Å². The van der Waals surface area contributed by atoms with Gasteiger partial charge in [0.05, 0.1) is 45.2 Å². The lowest BCUT2D eigenvalue weighted by molar-refractivity contribution is -0.00638. The number of halogens is 4. The third kappa shape index (κ3) is 6.11. The maximum Gasteiger partial charge on any atom is 0.232 e. The van der Waals surface area contributed by atoms with E-state index >= 15 is 0 Å². The first-order valence-electron chi connectivity index (χ1n) is 13.7. The van der Waals surface area contributed by atoms with Gasteiger partial charge < -0.3 is 20.3 Å². The molecule has 15 heteroatoms. The summed E-state index contributed by atoms with van der Waals surface area (Å²) in [5.41, 5.74) is 2.26. The number of ether oxygens (including phenoxy) is 1. The molecule has 1 aliphatic rings. The Balaban J connectivity index is 1.42. The van der Waals surface area contributed by atoms with E-state index in [0.717, 1.165) is 23.1 Å². The number of aliphatic hydroxyl groups excluding tert-OH is 2. The molecule has 5 aromatic rings. The molecule has 1 aliphatic heterocycles. The summed E-state index contributed by atoms with van der Waals surface area (Å²) >= 11 is 12.8. The zero-order chi connectivity index (χ0) is 32.7. The zero-order valence-electron chi connectivity index (χ0n) is 24.2. The van der Waals surface area contributed by atoms with Crippen LogP contribution < -0.4 is 15.0 Å². The van der Waals surface area contributed by atoms with E-state index in [1.54, 1.807) is 55.3 Å². The molecule has 0 aliphatic carbocycles. The first kappa shape index (κ1) is 31.0. The van der Waals surface area contributed by atoms with E-state index in [1.807, 2.05) is 0 Å². The van der Waals surface area contributed by atoms with Gasteiger partial charge in [-0.25, -0.2) is 8.78 Å². The van der Waals surface area contributed by atoms with Crippen LogP contribution in [0.25, 0.3) is 10.9 Å². The average Bonchev–Trinajstić information content (AvgIpc) is 3.36. The molecular formula is C31H24Cl2F2N8O3. The number of aliphatic hydroxyl groups is 2. The normalized spacial score (nSPS) is 16.4. The highest BCUT2D eigenvalue weighted by atomic mass is 35.5. The number of nitrogens with one attached hydrogen (secondary N) is 1. The van der Waals surface area contributed by atoms with Gasteiger partial charge in [-0.1, -0.05) is 23.2 Å². The van der Waals surface area contributed by atoms with Gasteiger partial charge in [0, 0.05) is 42.5 Å². The van der Waals surface area contributed by atoms with Crippen molar-refractivity contribution in [2.24, 2.45) is 12.0 Å². The van der Waals surface area contributed by atoms with Gasteiger partial charge in [-0.05, 0) is 48.9 Å². The van der Waals surface area contributed by atoms with Gasteiger partial charge >= 0.3 is 0 Å². The summed E-state index contributed by atoms with van der Waals surface area (Å²) in [6.45, 7) is 1.59. The van der Waals surface area contributed by atoms with E-state index in [1.165, 1.54) is 34.2 Å². The van der Waals surface area contributed by atoms with Gasteiger partial charge in [0.25, 0.3) is 0 Å². The largest absolute Gasteiger partial charge is 0.457 e. The van der Waals surface area contributed by atoms with E-state index in [2.05, 4.69) is 20.4 Å². The second-order valence-electron chi connectivity index (χ2n) is 10.4. The zero-order valence-corrected chi connectivity index (χ0v) is 25.7. The lowest BCUT2D eigenvalue weighted by Crippen LogP contribution is -2.60. The Morgan fingerprint density at radius 2 is 1.85 bits per heavy atom. The molecule has 0 fully saturated rings. The first-order chi connectivity index (χ1) is 22.0. The minimum Gasteiger partial charge on any atom is -0.457 e. The molecule has 46 heavy (non-hydrogen) atoms. The van der Waals surface area contributed by atoms with Crippen molar-refractivity contribution in [1.82, 2.24) is 19.7 Å². The number of hydrogen-bond donors (Lipinski definition) is 3. The SMILES string of the molecule is Cc1cncc(N2C(O)N=C(Nc3cc4cn(C)nc4cc3Cl)N(Cc3cc(Cl)c(F)cc3Oc3ccc(C#N)c(F)c3)C2O)c1. The van der Waals surface area contributed by atoms with Crippen LogP contribution in [-0.4, -0.2) is 48.5 Å². The summed E-state index contributed by atoms with van der Waals surface area (Å²) in [6.07, 6.45) is 1.74. The van der Waals surface area contributed by atoms with Crippen LogP contribution in [0.2, 0.25) is 10.0 Å². The minimum absolute atomic E-state index is 0.00202. The van der Waals surface area contributed by atoms with Gasteiger partial charge in [0.1, 0.15) is 29.2 Å². The summed E-state index contributed by atoms with van der Waals surface area (Å²) in [4.78, 5) is 11.2. The second-order valence-corrected chi connectivity index (χ2v) is 11.3. The number of benzene rings is 3. The molecule has 11 nitrogen and oxygen atoms in total. The Bertz CT molecular complexity index is 2050. The standard InChI is InChI=1S/C31H24Cl2F2N8O3/c1-16-5-20(13-37-12-16)43-30(44)39-29(38-27-7-18-14-41(2)40-26(18)9-23(27)33)42(31(43)45)15-19-6-22(32)25(35)10-28(19)46-21-4-3-17(11-36)24(34)8-21/h3-10,12-14,30-31,44-45H,15H2,1-2H3,(H,38,39). The summed E-state index contributed by atoms with van der Waals surface area (Å²) in [5, 5.41) is 40.3. The van der Waals surface area contributed by atoms with E-state index in [0.29, 0.717) is 21.9 Å². The van der Waals surface area contributed by atoms with Gasteiger partial charge in [-0.2, -0.15) is 15.4 Å². The molecular weight excluding hydrogens is 641 g/mol. The average molecular weight is 665 g/mol. The lowest BCUT2D eigenvalue weighted by atomic mass is 10.1. The minimum atomic E-state index is -1.57. The number of aromatic nitrogens is 3. The number of nitrogens with zero attached hydrogens (tertiary/aromatic N) is 7. The molecule has 3 heterocycles. The molecule has 3 N–H and O–H groups in total. The fourth-order valence-corrected chi connectivity index (χ4v) is 5.36. The smallest absolute Gasteiger partial charge is 0.232 e. The predicted octanol–water partition coefficient (Wildman–Crippen LogP) is 5.87. The molecule has 0 bridgehead atoms. The van der Waals surface area contributed by atoms with Crippen LogP contribution in [0, 0.1) is 29.9 Å². The Labute approximate surface area is 271 Å². The number of rotatable bonds is 6. The summed E-state index contributed by atoms with van der Waals surface area (Å²) in [6, 6.07) is 12.8. The number of guanidine groups is 1. The highest BCUT2D eigenvalue weighted by Crippen LogP contribution is 2.35. The first-order valence-corrected chi connectivity index (χ1v) is 14.4. The van der Waals surface area contributed by atoms with E-state index in [4.69, 9.17) is 33.2 Å². The van der Waals surface area contributed by atoms with E-state index < -0.39 is 24.3 Å². The number of aryl methyl sites for hydroxylation is 2. The highest BCUT2D eigenvalue weighted by molar-refractivity contribution is 6.34. The topological polar surface area (TPSA) is 135 Å². The second kappa shape index (κ2) is 12.4. The summed E-state index contributed by atoms with van der Waals surface area (Å²) in [7, 11) is 1.77. The van der Waals surface area contributed by atoms with Crippen molar-refractivity contribution >= 4 is 51.4 Å². The van der Waals surface area contributed by atoms with Crippen LogP contribution in [0.3, 0.4) is 0 Å². The molecule has 0 saturated carbocycles. The third-order valence-electron chi connectivity index (χ3n) is 7.13.